The molecule has 0 atom stereocenters. The summed E-state index contributed by atoms with van der Waals surface area (Å²) in [6.45, 7) is 0.324. The lowest BCUT2D eigenvalue weighted by Crippen LogP contribution is -2.00. The van der Waals surface area contributed by atoms with Gasteiger partial charge in [-0.1, -0.05) is 65.3 Å². The monoisotopic (exact) mass is 437 g/mol. The van der Waals surface area contributed by atoms with E-state index in [0.29, 0.717) is 23.6 Å². The van der Waals surface area contributed by atoms with Crippen LogP contribution in [0.4, 0.5) is 4.39 Å². The highest BCUT2D eigenvalue weighted by Crippen LogP contribution is 2.32. The molecule has 0 fully saturated rings. The van der Waals surface area contributed by atoms with E-state index in [4.69, 9.17) is 26.0 Å². The van der Waals surface area contributed by atoms with Crippen LogP contribution in [-0.4, -0.2) is 22.3 Å². The summed E-state index contributed by atoms with van der Waals surface area (Å²) in [7, 11) is 0. The van der Waals surface area contributed by atoms with Gasteiger partial charge in [0.15, 0.2) is 5.76 Å². The Labute approximate surface area is 182 Å². The lowest BCUT2D eigenvalue weighted by Gasteiger charge is -2.11. The molecule has 1 N–H and O–H groups in total. The number of ether oxygens (including phenoxy) is 1. The van der Waals surface area contributed by atoms with Gasteiger partial charge in [-0.05, 0) is 34.9 Å². The number of benzene rings is 3. The molecule has 0 saturated heterocycles. The first-order valence-electron chi connectivity index (χ1n) is 9.39. The van der Waals surface area contributed by atoms with E-state index in [1.54, 1.807) is 6.07 Å². The first kappa shape index (κ1) is 20.8. The predicted octanol–water partition coefficient (Wildman–Crippen LogP) is 6.23. The van der Waals surface area contributed by atoms with Gasteiger partial charge in [-0.3, -0.25) is 0 Å². The second-order valence-corrected chi connectivity index (χ2v) is 6.99. The maximum Gasteiger partial charge on any atom is 0.338 e. The van der Waals surface area contributed by atoms with E-state index in [1.807, 2.05) is 48.5 Å². The third-order valence-corrected chi connectivity index (χ3v) is 4.97. The number of carboxylic acids is 1. The van der Waals surface area contributed by atoms with Gasteiger partial charge in [-0.15, -0.1) is 0 Å². The number of hydrogen-bond donors (Lipinski definition) is 1. The summed E-state index contributed by atoms with van der Waals surface area (Å²) in [5.41, 5.74) is 4.19. The Hall–Kier alpha value is -3.48. The Bertz CT molecular complexity index is 1220. The van der Waals surface area contributed by atoms with E-state index in [-0.39, 0.29) is 6.07 Å². The second kappa shape index (κ2) is 9.12. The molecule has 0 bridgehead atoms. The molecule has 3 aromatic carbocycles. The van der Waals surface area contributed by atoms with Crippen LogP contribution in [-0.2, 0) is 11.3 Å². The third-order valence-electron chi connectivity index (χ3n) is 4.81. The van der Waals surface area contributed by atoms with Gasteiger partial charge in [0.05, 0.1) is 12.2 Å². The molecule has 1 aromatic heterocycles. The van der Waals surface area contributed by atoms with Gasteiger partial charge < -0.3 is 14.4 Å². The summed E-state index contributed by atoms with van der Waals surface area (Å²) in [5, 5.41) is 13.0. The number of carbonyl (C=O) groups is 1. The van der Waals surface area contributed by atoms with Crippen LogP contribution < -0.4 is 0 Å². The van der Waals surface area contributed by atoms with Crippen LogP contribution >= 0.6 is 11.6 Å². The van der Waals surface area contributed by atoms with Crippen LogP contribution in [0.5, 0.6) is 0 Å². The summed E-state index contributed by atoms with van der Waals surface area (Å²) in [6.07, 6.45) is 0. The maximum absolute atomic E-state index is 14.0. The van der Waals surface area contributed by atoms with Crippen LogP contribution in [0, 0.1) is 5.82 Å². The number of halogens is 2. The predicted molar refractivity (Wildman–Crippen MR) is 115 cm³/mol. The summed E-state index contributed by atoms with van der Waals surface area (Å²) in [5.74, 6) is -1.66. The Morgan fingerprint density at radius 1 is 1.00 bits per heavy atom. The van der Waals surface area contributed by atoms with Crippen molar-refractivity contribution in [2.24, 2.45) is 0 Å². The highest BCUT2D eigenvalue weighted by Gasteiger charge is 2.15. The molecule has 5 nitrogen and oxygen atoms in total. The number of carboxylic acid groups (broad SMARTS) is 1. The molecular weight excluding hydrogens is 421 g/mol. The van der Waals surface area contributed by atoms with E-state index in [2.05, 4.69) is 5.16 Å². The van der Waals surface area contributed by atoms with Crippen molar-refractivity contribution in [3.05, 3.63) is 89.7 Å². The molecular formula is C24H17ClFNO4. The van der Waals surface area contributed by atoms with Gasteiger partial charge in [-0.2, -0.15) is 0 Å². The molecule has 0 aliphatic heterocycles. The van der Waals surface area contributed by atoms with Crippen molar-refractivity contribution >= 4 is 17.6 Å². The van der Waals surface area contributed by atoms with Crippen molar-refractivity contribution in [1.29, 1.82) is 0 Å². The van der Waals surface area contributed by atoms with Crippen LogP contribution in [0.1, 0.15) is 15.9 Å². The SMILES string of the molecule is O=C(O)c1ccc(-c2cc(-c3ccc(-c4ccccc4)c(COCCl)c3)on2)cc1F. The Morgan fingerprint density at radius 3 is 2.48 bits per heavy atom. The molecule has 1 heterocycles. The highest BCUT2D eigenvalue weighted by molar-refractivity contribution is 6.17. The number of aromatic nitrogens is 1. The minimum Gasteiger partial charge on any atom is -0.478 e. The van der Waals surface area contributed by atoms with Crippen molar-refractivity contribution < 1.29 is 23.6 Å². The zero-order valence-corrected chi connectivity index (χ0v) is 17.0. The number of nitrogens with zero attached hydrogens (tertiary/aromatic N) is 1. The molecule has 4 aromatic rings. The zero-order chi connectivity index (χ0) is 21.8. The molecule has 0 aliphatic rings. The van der Waals surface area contributed by atoms with Gasteiger partial charge >= 0.3 is 5.97 Å². The molecule has 0 spiro atoms. The van der Waals surface area contributed by atoms with Gasteiger partial charge in [0.1, 0.15) is 17.6 Å². The molecule has 0 aliphatic carbocycles. The smallest absolute Gasteiger partial charge is 0.338 e. The molecule has 7 heteroatoms. The normalized spacial score (nSPS) is 10.9. The summed E-state index contributed by atoms with van der Waals surface area (Å²) in [4.78, 5) is 11.0. The fourth-order valence-electron chi connectivity index (χ4n) is 3.31. The summed E-state index contributed by atoms with van der Waals surface area (Å²) >= 11 is 5.70. The van der Waals surface area contributed by atoms with Crippen LogP contribution in [0.2, 0.25) is 0 Å². The number of aromatic carboxylic acids is 1. The maximum atomic E-state index is 14.0. The fourth-order valence-corrected chi connectivity index (χ4v) is 3.39. The number of alkyl halides is 1. The van der Waals surface area contributed by atoms with Gasteiger partial charge in [0.2, 0.25) is 0 Å². The standard InChI is InChI=1S/C24H17ClFNO4/c25-14-30-13-18-10-17(7-8-19(18)15-4-2-1-3-5-15)23-12-22(27-31-23)16-6-9-20(24(28)29)21(26)11-16/h1-12H,13-14H2,(H,28,29). The molecule has 156 valence electrons. The van der Waals surface area contributed by atoms with Gasteiger partial charge in [-0.25, -0.2) is 9.18 Å². The first-order chi connectivity index (χ1) is 15.1. The minimum atomic E-state index is -1.32. The average molecular weight is 438 g/mol. The average Bonchev–Trinajstić information content (AvgIpc) is 3.28. The zero-order valence-electron chi connectivity index (χ0n) is 16.2. The molecule has 0 saturated carbocycles. The highest BCUT2D eigenvalue weighted by atomic mass is 35.5. The van der Waals surface area contributed by atoms with Crippen molar-refractivity contribution in [3.8, 4) is 33.7 Å². The van der Waals surface area contributed by atoms with Gasteiger partial charge in [0.25, 0.3) is 0 Å². The Balaban J connectivity index is 1.68. The van der Waals surface area contributed by atoms with Crippen molar-refractivity contribution in [2.75, 3.05) is 6.07 Å². The third kappa shape index (κ3) is 4.50. The van der Waals surface area contributed by atoms with E-state index in [0.717, 1.165) is 28.3 Å². The second-order valence-electron chi connectivity index (χ2n) is 6.77. The summed E-state index contributed by atoms with van der Waals surface area (Å²) < 4.78 is 24.9. The van der Waals surface area contributed by atoms with E-state index >= 15 is 0 Å². The van der Waals surface area contributed by atoms with E-state index < -0.39 is 17.3 Å². The largest absolute Gasteiger partial charge is 0.478 e. The molecule has 0 amide bonds. The quantitative estimate of drug-likeness (QED) is 0.347. The lowest BCUT2D eigenvalue weighted by molar-refractivity contribution is 0.0692. The molecule has 4 rings (SSSR count). The van der Waals surface area contributed by atoms with E-state index in [1.165, 1.54) is 12.1 Å². The van der Waals surface area contributed by atoms with Crippen molar-refractivity contribution in [2.45, 2.75) is 6.61 Å². The summed E-state index contributed by atoms with van der Waals surface area (Å²) in [6, 6.07) is 21.3. The number of hydrogen-bond acceptors (Lipinski definition) is 4. The fraction of sp³-hybridized carbons (Fsp3) is 0.0833. The lowest BCUT2D eigenvalue weighted by atomic mass is 9.97. The van der Waals surface area contributed by atoms with E-state index in [9.17, 15) is 9.18 Å². The van der Waals surface area contributed by atoms with Crippen molar-refractivity contribution in [3.63, 3.8) is 0 Å². The van der Waals surface area contributed by atoms with Crippen LogP contribution in [0.25, 0.3) is 33.7 Å². The molecule has 31 heavy (non-hydrogen) atoms. The molecule has 0 radical (unpaired) electrons. The van der Waals surface area contributed by atoms with Crippen LogP contribution in [0.15, 0.2) is 77.3 Å². The number of rotatable bonds is 7. The minimum absolute atomic E-state index is 0.0722. The molecule has 0 unspecified atom stereocenters. The first-order valence-corrected chi connectivity index (χ1v) is 9.92. The Morgan fingerprint density at radius 2 is 1.77 bits per heavy atom. The van der Waals surface area contributed by atoms with Crippen LogP contribution in [0.3, 0.4) is 0 Å². The van der Waals surface area contributed by atoms with Crippen molar-refractivity contribution in [1.82, 2.24) is 5.16 Å². The topological polar surface area (TPSA) is 72.6 Å². The van der Waals surface area contributed by atoms with Gasteiger partial charge in [0, 0.05) is 17.2 Å². The Kier molecular flexibility index (Phi) is 6.11.